The molecule has 0 heterocycles. The van der Waals surface area contributed by atoms with Crippen LogP contribution in [-0.2, 0) is 22.8 Å². The number of hydrogen-bond acceptors (Lipinski definition) is 5. The molecule has 0 saturated heterocycles. The summed E-state index contributed by atoms with van der Waals surface area (Å²) in [6.07, 6.45) is 2.63. The molecule has 0 aliphatic carbocycles. The Balaban J connectivity index is 1.89. The molecule has 0 fully saturated rings. The fourth-order valence-corrected chi connectivity index (χ4v) is 3.34. The molecule has 0 aliphatic rings. The molecule has 0 saturated carbocycles. The van der Waals surface area contributed by atoms with Crippen LogP contribution in [0, 0.1) is 5.82 Å². The SMILES string of the molecule is COc1cc(CCC(C)NCc2ccc(S(C)(=O)=O)c(F)c2)ccc1O. The number of aryl methyl sites for hydroxylation is 1. The maximum absolute atomic E-state index is 13.9. The van der Waals surface area contributed by atoms with E-state index in [-0.39, 0.29) is 16.7 Å². The van der Waals surface area contributed by atoms with Crippen LogP contribution in [0.3, 0.4) is 0 Å². The summed E-state index contributed by atoms with van der Waals surface area (Å²) in [6, 6.07) is 9.61. The molecule has 0 amide bonds. The van der Waals surface area contributed by atoms with Crippen LogP contribution < -0.4 is 10.1 Å². The number of nitrogens with one attached hydrogen (secondary N) is 1. The predicted molar refractivity (Wildman–Crippen MR) is 98.8 cm³/mol. The number of methoxy groups -OCH3 is 1. The number of phenolic OH excluding ortho intramolecular Hbond substituents is 1. The van der Waals surface area contributed by atoms with Crippen LogP contribution >= 0.6 is 0 Å². The van der Waals surface area contributed by atoms with Gasteiger partial charge in [0.2, 0.25) is 0 Å². The zero-order valence-corrected chi connectivity index (χ0v) is 15.9. The Morgan fingerprint density at radius 2 is 1.88 bits per heavy atom. The molecule has 0 spiro atoms. The number of ether oxygens (including phenoxy) is 1. The van der Waals surface area contributed by atoms with Gasteiger partial charge in [0.05, 0.1) is 7.11 Å². The number of hydrogen-bond donors (Lipinski definition) is 2. The molecule has 0 aromatic heterocycles. The van der Waals surface area contributed by atoms with Gasteiger partial charge in [0.15, 0.2) is 21.3 Å². The van der Waals surface area contributed by atoms with Crippen LogP contribution in [-0.4, -0.2) is 32.9 Å². The maximum Gasteiger partial charge on any atom is 0.178 e. The molecule has 26 heavy (non-hydrogen) atoms. The van der Waals surface area contributed by atoms with Crippen molar-refractivity contribution >= 4 is 9.84 Å². The molecule has 142 valence electrons. The van der Waals surface area contributed by atoms with Crippen molar-refractivity contribution in [3.8, 4) is 11.5 Å². The second-order valence-corrected chi connectivity index (χ2v) is 8.35. The highest BCUT2D eigenvalue weighted by molar-refractivity contribution is 7.90. The molecule has 5 nitrogen and oxygen atoms in total. The van der Waals surface area contributed by atoms with Gasteiger partial charge in [-0.2, -0.15) is 0 Å². The van der Waals surface area contributed by atoms with Gasteiger partial charge in [0.25, 0.3) is 0 Å². The van der Waals surface area contributed by atoms with Gasteiger partial charge >= 0.3 is 0 Å². The van der Waals surface area contributed by atoms with Gasteiger partial charge in [-0.15, -0.1) is 0 Å². The molecule has 2 aromatic rings. The highest BCUT2D eigenvalue weighted by atomic mass is 32.2. The van der Waals surface area contributed by atoms with Crippen molar-refractivity contribution in [2.45, 2.75) is 37.2 Å². The standard InChI is InChI=1S/C19H24FNO4S/c1-13(4-5-14-6-8-17(22)18(11-14)25-2)21-12-15-7-9-19(16(20)10-15)26(3,23)24/h6-11,13,21-22H,4-5,12H2,1-3H3. The number of aromatic hydroxyl groups is 1. The monoisotopic (exact) mass is 381 g/mol. The summed E-state index contributed by atoms with van der Waals surface area (Å²) >= 11 is 0. The highest BCUT2D eigenvalue weighted by Gasteiger charge is 2.14. The highest BCUT2D eigenvalue weighted by Crippen LogP contribution is 2.26. The number of phenols is 1. The van der Waals surface area contributed by atoms with Gasteiger partial charge in [-0.1, -0.05) is 12.1 Å². The zero-order valence-electron chi connectivity index (χ0n) is 15.1. The molecule has 1 atom stereocenters. The van der Waals surface area contributed by atoms with Crippen molar-refractivity contribution in [2.75, 3.05) is 13.4 Å². The van der Waals surface area contributed by atoms with Crippen molar-refractivity contribution in [3.63, 3.8) is 0 Å². The molecule has 2 N–H and O–H groups in total. The van der Waals surface area contributed by atoms with Gasteiger partial charge in [-0.3, -0.25) is 0 Å². The van der Waals surface area contributed by atoms with E-state index >= 15 is 0 Å². The van der Waals surface area contributed by atoms with E-state index in [2.05, 4.69) is 5.32 Å². The minimum atomic E-state index is -3.55. The second-order valence-electron chi connectivity index (χ2n) is 6.36. The fourth-order valence-electron chi connectivity index (χ4n) is 2.61. The molecule has 0 radical (unpaired) electrons. The lowest BCUT2D eigenvalue weighted by Gasteiger charge is -2.15. The van der Waals surface area contributed by atoms with E-state index in [1.165, 1.54) is 19.2 Å². The molecular formula is C19H24FNO4S. The summed E-state index contributed by atoms with van der Waals surface area (Å²) in [7, 11) is -2.04. The van der Waals surface area contributed by atoms with E-state index in [9.17, 15) is 17.9 Å². The summed E-state index contributed by atoms with van der Waals surface area (Å²) in [5.41, 5.74) is 1.74. The first kappa shape index (κ1) is 20.2. The van der Waals surface area contributed by atoms with Gasteiger partial charge < -0.3 is 15.2 Å². The molecule has 2 aromatic carbocycles. The Bertz CT molecular complexity index is 868. The number of rotatable bonds is 8. The van der Waals surface area contributed by atoms with E-state index in [0.717, 1.165) is 24.7 Å². The average molecular weight is 381 g/mol. The van der Waals surface area contributed by atoms with E-state index in [1.54, 1.807) is 18.2 Å². The van der Waals surface area contributed by atoms with Crippen LogP contribution in [0.4, 0.5) is 4.39 Å². The molecule has 1 unspecified atom stereocenters. The van der Waals surface area contributed by atoms with Crippen LogP contribution in [0.15, 0.2) is 41.3 Å². The fraction of sp³-hybridized carbons (Fsp3) is 0.368. The van der Waals surface area contributed by atoms with Gasteiger partial charge in [0.1, 0.15) is 10.7 Å². The Hall–Kier alpha value is -2.12. The van der Waals surface area contributed by atoms with Crippen LogP contribution in [0.2, 0.25) is 0 Å². The van der Waals surface area contributed by atoms with Gasteiger partial charge in [0, 0.05) is 18.8 Å². The van der Waals surface area contributed by atoms with Crippen LogP contribution in [0.25, 0.3) is 0 Å². The number of halogens is 1. The Kier molecular flexibility index (Phi) is 6.61. The first-order valence-electron chi connectivity index (χ1n) is 8.28. The largest absolute Gasteiger partial charge is 0.504 e. The van der Waals surface area contributed by atoms with Crippen molar-refractivity contribution in [2.24, 2.45) is 0 Å². The lowest BCUT2D eigenvalue weighted by Crippen LogP contribution is -2.26. The Morgan fingerprint density at radius 1 is 1.19 bits per heavy atom. The maximum atomic E-state index is 13.9. The lowest BCUT2D eigenvalue weighted by molar-refractivity contribution is 0.372. The minimum Gasteiger partial charge on any atom is -0.504 e. The summed E-state index contributed by atoms with van der Waals surface area (Å²) in [5.74, 6) is -0.165. The second kappa shape index (κ2) is 8.51. The Labute approximate surface area is 153 Å². The van der Waals surface area contributed by atoms with Crippen molar-refractivity contribution in [1.82, 2.24) is 5.32 Å². The minimum absolute atomic E-state index is 0.113. The summed E-state index contributed by atoms with van der Waals surface area (Å²) < 4.78 is 41.9. The molecular weight excluding hydrogens is 357 g/mol. The smallest absolute Gasteiger partial charge is 0.178 e. The molecule has 0 aliphatic heterocycles. The van der Waals surface area contributed by atoms with Gasteiger partial charge in [-0.05, 0) is 55.2 Å². The van der Waals surface area contributed by atoms with Crippen LogP contribution in [0.5, 0.6) is 11.5 Å². The van der Waals surface area contributed by atoms with E-state index < -0.39 is 15.7 Å². The third-order valence-corrected chi connectivity index (χ3v) is 5.29. The third kappa shape index (κ3) is 5.44. The molecule has 2 rings (SSSR count). The van der Waals surface area contributed by atoms with E-state index in [0.29, 0.717) is 17.9 Å². The summed E-state index contributed by atoms with van der Waals surface area (Å²) in [5, 5.41) is 12.9. The van der Waals surface area contributed by atoms with Crippen molar-refractivity contribution in [3.05, 3.63) is 53.3 Å². The summed E-state index contributed by atoms with van der Waals surface area (Å²) in [4.78, 5) is -0.282. The zero-order chi connectivity index (χ0) is 19.3. The van der Waals surface area contributed by atoms with E-state index in [1.807, 2.05) is 13.0 Å². The predicted octanol–water partition coefficient (Wildman–Crippen LogP) is 3.05. The third-order valence-electron chi connectivity index (χ3n) is 4.16. The van der Waals surface area contributed by atoms with Crippen LogP contribution in [0.1, 0.15) is 24.5 Å². The summed E-state index contributed by atoms with van der Waals surface area (Å²) in [6.45, 7) is 2.47. The lowest BCUT2D eigenvalue weighted by atomic mass is 10.1. The topological polar surface area (TPSA) is 75.6 Å². The molecule has 7 heteroatoms. The first-order chi connectivity index (χ1) is 12.2. The Morgan fingerprint density at radius 3 is 2.50 bits per heavy atom. The first-order valence-corrected chi connectivity index (χ1v) is 10.2. The van der Waals surface area contributed by atoms with E-state index in [4.69, 9.17) is 4.74 Å². The number of sulfone groups is 1. The number of benzene rings is 2. The van der Waals surface area contributed by atoms with Gasteiger partial charge in [-0.25, -0.2) is 12.8 Å². The van der Waals surface area contributed by atoms with Crippen molar-refractivity contribution < 1.29 is 22.7 Å². The quantitative estimate of drug-likeness (QED) is 0.735. The molecule has 0 bridgehead atoms. The average Bonchev–Trinajstić information content (AvgIpc) is 2.58. The normalized spacial score (nSPS) is 12.8. The van der Waals surface area contributed by atoms with Crippen molar-refractivity contribution in [1.29, 1.82) is 0 Å².